The lowest BCUT2D eigenvalue weighted by atomic mass is 10.1. The first-order chi connectivity index (χ1) is 10.2. The second-order valence-corrected chi connectivity index (χ2v) is 5.49. The average Bonchev–Trinajstić information content (AvgIpc) is 2.53. The van der Waals surface area contributed by atoms with Crippen molar-refractivity contribution in [1.82, 2.24) is 10.3 Å². The van der Waals surface area contributed by atoms with Crippen LogP contribution in [0.15, 0.2) is 60.7 Å². The van der Waals surface area contributed by atoms with Gasteiger partial charge in [0.1, 0.15) is 0 Å². The van der Waals surface area contributed by atoms with Crippen LogP contribution in [-0.4, -0.2) is 4.98 Å². The highest BCUT2D eigenvalue weighted by molar-refractivity contribution is 5.79. The van der Waals surface area contributed by atoms with Crippen LogP contribution >= 0.6 is 0 Å². The average molecular weight is 276 g/mol. The van der Waals surface area contributed by atoms with Crippen LogP contribution in [0.4, 0.5) is 0 Å². The number of hydrogen-bond acceptors (Lipinski definition) is 2. The first-order valence-electron chi connectivity index (χ1n) is 7.37. The summed E-state index contributed by atoms with van der Waals surface area (Å²) in [6.07, 6.45) is 0. The topological polar surface area (TPSA) is 24.9 Å². The Balaban J connectivity index is 1.72. The lowest BCUT2D eigenvalue weighted by Crippen LogP contribution is -2.17. The van der Waals surface area contributed by atoms with E-state index in [0.29, 0.717) is 6.04 Å². The van der Waals surface area contributed by atoms with E-state index in [0.717, 1.165) is 17.8 Å². The van der Waals surface area contributed by atoms with Crippen LogP contribution in [-0.2, 0) is 6.54 Å². The van der Waals surface area contributed by atoms with Gasteiger partial charge in [-0.05, 0) is 43.2 Å². The number of nitrogens with one attached hydrogen (secondary N) is 1. The van der Waals surface area contributed by atoms with E-state index >= 15 is 0 Å². The van der Waals surface area contributed by atoms with Crippen molar-refractivity contribution in [3.8, 4) is 0 Å². The third kappa shape index (κ3) is 3.29. The Kier molecular flexibility index (Phi) is 3.98. The van der Waals surface area contributed by atoms with Crippen LogP contribution in [0.3, 0.4) is 0 Å². The van der Waals surface area contributed by atoms with Gasteiger partial charge in [0.2, 0.25) is 0 Å². The Bertz CT molecular complexity index is 735. The number of nitrogens with zero attached hydrogens (tertiary/aromatic N) is 1. The molecule has 1 heterocycles. The van der Waals surface area contributed by atoms with Gasteiger partial charge in [-0.25, -0.2) is 0 Å². The van der Waals surface area contributed by atoms with Crippen molar-refractivity contribution in [2.24, 2.45) is 0 Å². The fourth-order valence-electron chi connectivity index (χ4n) is 2.52. The second kappa shape index (κ2) is 6.06. The van der Waals surface area contributed by atoms with Gasteiger partial charge in [0, 0.05) is 23.7 Å². The van der Waals surface area contributed by atoms with E-state index in [2.05, 4.69) is 77.9 Å². The van der Waals surface area contributed by atoms with Crippen molar-refractivity contribution >= 4 is 10.9 Å². The number of rotatable bonds is 4. The summed E-state index contributed by atoms with van der Waals surface area (Å²) in [5.74, 6) is 0. The Morgan fingerprint density at radius 2 is 1.81 bits per heavy atom. The predicted molar refractivity (Wildman–Crippen MR) is 88.2 cm³/mol. The molecule has 0 unspecified atom stereocenters. The van der Waals surface area contributed by atoms with Gasteiger partial charge in [-0.15, -0.1) is 0 Å². The van der Waals surface area contributed by atoms with Crippen molar-refractivity contribution in [3.63, 3.8) is 0 Å². The zero-order valence-corrected chi connectivity index (χ0v) is 12.5. The maximum Gasteiger partial charge on any atom is 0.0705 e. The van der Waals surface area contributed by atoms with Crippen LogP contribution in [0.1, 0.15) is 29.8 Å². The number of benzene rings is 2. The van der Waals surface area contributed by atoms with Crippen LogP contribution in [0.25, 0.3) is 10.9 Å². The highest BCUT2D eigenvalue weighted by atomic mass is 14.9. The zero-order chi connectivity index (χ0) is 14.7. The summed E-state index contributed by atoms with van der Waals surface area (Å²) < 4.78 is 0. The van der Waals surface area contributed by atoms with Crippen molar-refractivity contribution in [2.75, 3.05) is 0 Å². The molecule has 2 aromatic carbocycles. The summed E-state index contributed by atoms with van der Waals surface area (Å²) >= 11 is 0. The van der Waals surface area contributed by atoms with Gasteiger partial charge in [-0.3, -0.25) is 4.98 Å². The number of pyridine rings is 1. The molecular weight excluding hydrogens is 256 g/mol. The summed E-state index contributed by atoms with van der Waals surface area (Å²) in [6.45, 7) is 5.08. The molecule has 0 amide bonds. The van der Waals surface area contributed by atoms with Crippen molar-refractivity contribution in [1.29, 1.82) is 0 Å². The quantitative estimate of drug-likeness (QED) is 0.764. The minimum atomic E-state index is 0.345. The molecule has 0 spiro atoms. The van der Waals surface area contributed by atoms with Crippen LogP contribution in [0.2, 0.25) is 0 Å². The normalized spacial score (nSPS) is 12.5. The molecule has 0 aliphatic carbocycles. The van der Waals surface area contributed by atoms with E-state index in [9.17, 15) is 0 Å². The summed E-state index contributed by atoms with van der Waals surface area (Å²) in [7, 11) is 0. The molecule has 3 aromatic rings. The smallest absolute Gasteiger partial charge is 0.0705 e. The SMILES string of the molecule is Cc1ccc2cc(CN[C@H](C)c3ccccc3)ccc2n1. The summed E-state index contributed by atoms with van der Waals surface area (Å²) in [5.41, 5.74) is 4.73. The van der Waals surface area contributed by atoms with Crippen LogP contribution in [0, 0.1) is 6.92 Å². The van der Waals surface area contributed by atoms with Crippen molar-refractivity contribution in [2.45, 2.75) is 26.4 Å². The van der Waals surface area contributed by atoms with E-state index < -0.39 is 0 Å². The Morgan fingerprint density at radius 3 is 2.62 bits per heavy atom. The van der Waals surface area contributed by atoms with Crippen molar-refractivity contribution in [3.05, 3.63) is 77.5 Å². The predicted octanol–water partition coefficient (Wildman–Crippen LogP) is 4.39. The van der Waals surface area contributed by atoms with E-state index in [1.54, 1.807) is 0 Å². The molecule has 21 heavy (non-hydrogen) atoms. The van der Waals surface area contributed by atoms with Gasteiger partial charge in [-0.2, -0.15) is 0 Å². The largest absolute Gasteiger partial charge is 0.306 e. The molecule has 3 rings (SSSR count). The molecule has 1 N–H and O–H groups in total. The summed E-state index contributed by atoms with van der Waals surface area (Å²) in [5, 5.41) is 4.77. The van der Waals surface area contributed by atoms with E-state index in [-0.39, 0.29) is 0 Å². The summed E-state index contributed by atoms with van der Waals surface area (Å²) in [6, 6.07) is 21.5. The zero-order valence-electron chi connectivity index (χ0n) is 12.5. The monoisotopic (exact) mass is 276 g/mol. The van der Waals surface area contributed by atoms with Gasteiger partial charge in [0.05, 0.1) is 5.52 Å². The number of fused-ring (bicyclic) bond motifs is 1. The molecule has 0 saturated heterocycles. The van der Waals surface area contributed by atoms with Gasteiger partial charge in [-0.1, -0.05) is 42.5 Å². The lowest BCUT2D eigenvalue weighted by molar-refractivity contribution is 0.575. The molecule has 106 valence electrons. The maximum atomic E-state index is 4.54. The second-order valence-electron chi connectivity index (χ2n) is 5.49. The van der Waals surface area contributed by atoms with Crippen LogP contribution < -0.4 is 5.32 Å². The minimum absolute atomic E-state index is 0.345. The number of aryl methyl sites for hydroxylation is 1. The number of hydrogen-bond donors (Lipinski definition) is 1. The molecule has 1 atom stereocenters. The van der Waals surface area contributed by atoms with Gasteiger partial charge < -0.3 is 5.32 Å². The highest BCUT2D eigenvalue weighted by Crippen LogP contribution is 2.16. The maximum absolute atomic E-state index is 4.54. The molecule has 0 aliphatic heterocycles. The number of aromatic nitrogens is 1. The lowest BCUT2D eigenvalue weighted by Gasteiger charge is -2.14. The molecule has 2 heteroatoms. The Morgan fingerprint density at radius 1 is 1.00 bits per heavy atom. The summed E-state index contributed by atoms with van der Waals surface area (Å²) in [4.78, 5) is 4.54. The molecule has 0 aliphatic rings. The molecule has 2 nitrogen and oxygen atoms in total. The van der Waals surface area contributed by atoms with E-state index in [1.807, 2.05) is 6.92 Å². The minimum Gasteiger partial charge on any atom is -0.306 e. The standard InChI is InChI=1S/C19H20N2/c1-14-8-10-18-12-16(9-11-19(18)21-14)13-20-15(2)17-6-4-3-5-7-17/h3-12,15,20H,13H2,1-2H3/t15-/m1/s1. The fraction of sp³-hybridized carbons (Fsp3) is 0.211. The third-order valence-electron chi connectivity index (χ3n) is 3.80. The van der Waals surface area contributed by atoms with E-state index in [1.165, 1.54) is 16.5 Å². The Labute approximate surface area is 125 Å². The molecule has 0 saturated carbocycles. The first kappa shape index (κ1) is 13.8. The molecular formula is C19H20N2. The molecule has 0 bridgehead atoms. The highest BCUT2D eigenvalue weighted by Gasteiger charge is 2.04. The molecule has 0 radical (unpaired) electrons. The van der Waals surface area contributed by atoms with Gasteiger partial charge >= 0.3 is 0 Å². The fourth-order valence-corrected chi connectivity index (χ4v) is 2.52. The third-order valence-corrected chi connectivity index (χ3v) is 3.80. The van der Waals surface area contributed by atoms with Crippen molar-refractivity contribution < 1.29 is 0 Å². The van der Waals surface area contributed by atoms with Crippen LogP contribution in [0.5, 0.6) is 0 Å². The van der Waals surface area contributed by atoms with E-state index in [4.69, 9.17) is 0 Å². The molecule has 1 aromatic heterocycles. The van der Waals surface area contributed by atoms with Gasteiger partial charge in [0.15, 0.2) is 0 Å². The first-order valence-corrected chi connectivity index (χ1v) is 7.37. The Hall–Kier alpha value is -2.19. The molecule has 0 fully saturated rings. The van der Waals surface area contributed by atoms with Gasteiger partial charge in [0.25, 0.3) is 0 Å².